The molecule has 0 aliphatic heterocycles. The van der Waals surface area contributed by atoms with Crippen LogP contribution in [0.15, 0.2) is 22.7 Å². The third-order valence-corrected chi connectivity index (χ3v) is 4.41. The van der Waals surface area contributed by atoms with Crippen LogP contribution in [0.3, 0.4) is 0 Å². The highest BCUT2D eigenvalue weighted by Crippen LogP contribution is 2.25. The van der Waals surface area contributed by atoms with Gasteiger partial charge >= 0.3 is 0 Å². The van der Waals surface area contributed by atoms with Gasteiger partial charge in [0.1, 0.15) is 0 Å². The molecule has 0 spiro atoms. The lowest BCUT2D eigenvalue weighted by Gasteiger charge is -2.20. The second kappa shape index (κ2) is 11.3. The zero-order valence-electron chi connectivity index (χ0n) is 14.1. The van der Waals surface area contributed by atoms with Crippen molar-refractivity contribution in [2.75, 3.05) is 6.54 Å². The van der Waals surface area contributed by atoms with Crippen LogP contribution >= 0.6 is 15.9 Å². The number of halogens is 1. The highest BCUT2D eigenvalue weighted by Gasteiger charge is 2.11. The number of hydrogen-bond donors (Lipinski definition) is 1. The number of unbranched alkanes of at least 4 members (excludes halogenated alkanes) is 5. The first-order valence-electron chi connectivity index (χ1n) is 8.67. The molecule has 0 aromatic heterocycles. The SMILES string of the molecule is CCCCCCCCC(NCCC)c1cc(C)cc(Br)c1. The first-order valence-corrected chi connectivity index (χ1v) is 9.47. The fourth-order valence-electron chi connectivity index (χ4n) is 2.80. The molecule has 1 N–H and O–H groups in total. The van der Waals surface area contributed by atoms with Gasteiger partial charge in [-0.15, -0.1) is 0 Å². The summed E-state index contributed by atoms with van der Waals surface area (Å²) in [7, 11) is 0. The molecule has 0 bridgehead atoms. The van der Waals surface area contributed by atoms with Gasteiger partial charge in [-0.05, 0) is 49.6 Å². The Morgan fingerprint density at radius 3 is 2.33 bits per heavy atom. The molecule has 0 radical (unpaired) electrons. The van der Waals surface area contributed by atoms with Gasteiger partial charge in [0, 0.05) is 10.5 Å². The van der Waals surface area contributed by atoms with Crippen molar-refractivity contribution in [2.45, 2.75) is 78.2 Å². The Hall–Kier alpha value is -0.340. The van der Waals surface area contributed by atoms with E-state index < -0.39 is 0 Å². The van der Waals surface area contributed by atoms with Crippen molar-refractivity contribution >= 4 is 15.9 Å². The monoisotopic (exact) mass is 353 g/mol. The second-order valence-electron chi connectivity index (χ2n) is 6.13. The van der Waals surface area contributed by atoms with Crippen LogP contribution in [-0.2, 0) is 0 Å². The van der Waals surface area contributed by atoms with Crippen LogP contribution in [-0.4, -0.2) is 6.54 Å². The van der Waals surface area contributed by atoms with E-state index in [4.69, 9.17) is 0 Å². The minimum absolute atomic E-state index is 0.507. The summed E-state index contributed by atoms with van der Waals surface area (Å²) < 4.78 is 1.20. The maximum Gasteiger partial charge on any atom is 0.0320 e. The van der Waals surface area contributed by atoms with E-state index in [0.29, 0.717) is 6.04 Å². The largest absolute Gasteiger partial charge is 0.310 e. The molecule has 1 unspecified atom stereocenters. The van der Waals surface area contributed by atoms with Crippen LogP contribution in [0.4, 0.5) is 0 Å². The molecular weight excluding hydrogens is 322 g/mol. The van der Waals surface area contributed by atoms with E-state index in [-0.39, 0.29) is 0 Å². The molecule has 1 aromatic carbocycles. The lowest BCUT2D eigenvalue weighted by atomic mass is 9.98. The van der Waals surface area contributed by atoms with Gasteiger partial charge in [0.05, 0.1) is 0 Å². The highest BCUT2D eigenvalue weighted by atomic mass is 79.9. The third kappa shape index (κ3) is 8.01. The summed E-state index contributed by atoms with van der Waals surface area (Å²) in [5.74, 6) is 0. The molecule has 0 aliphatic rings. The van der Waals surface area contributed by atoms with Crippen LogP contribution in [0.5, 0.6) is 0 Å². The number of nitrogens with one attached hydrogen (secondary N) is 1. The van der Waals surface area contributed by atoms with Gasteiger partial charge in [0.25, 0.3) is 0 Å². The molecule has 2 heteroatoms. The Morgan fingerprint density at radius 1 is 0.952 bits per heavy atom. The molecule has 0 aliphatic carbocycles. The molecule has 1 nitrogen and oxygen atoms in total. The molecular formula is C19H32BrN. The van der Waals surface area contributed by atoms with E-state index in [9.17, 15) is 0 Å². The summed E-state index contributed by atoms with van der Waals surface area (Å²) in [6.45, 7) is 7.79. The van der Waals surface area contributed by atoms with E-state index in [1.165, 1.54) is 67.0 Å². The molecule has 0 heterocycles. The van der Waals surface area contributed by atoms with Crippen molar-refractivity contribution in [3.63, 3.8) is 0 Å². The third-order valence-electron chi connectivity index (χ3n) is 3.95. The topological polar surface area (TPSA) is 12.0 Å². The quantitative estimate of drug-likeness (QED) is 0.444. The van der Waals surface area contributed by atoms with Gasteiger partial charge in [0.15, 0.2) is 0 Å². The molecule has 0 saturated heterocycles. The molecule has 1 atom stereocenters. The Kier molecular flexibility index (Phi) is 10.0. The van der Waals surface area contributed by atoms with E-state index in [2.05, 4.69) is 60.2 Å². The van der Waals surface area contributed by atoms with Crippen molar-refractivity contribution in [3.8, 4) is 0 Å². The normalized spacial score (nSPS) is 12.6. The van der Waals surface area contributed by atoms with Gasteiger partial charge in [-0.2, -0.15) is 0 Å². The predicted molar refractivity (Wildman–Crippen MR) is 97.9 cm³/mol. The Bertz CT molecular complexity index is 369. The average molecular weight is 354 g/mol. The van der Waals surface area contributed by atoms with E-state index in [0.717, 1.165) is 6.54 Å². The molecule has 0 saturated carbocycles. The summed E-state index contributed by atoms with van der Waals surface area (Å²) in [4.78, 5) is 0. The number of rotatable bonds is 11. The predicted octanol–water partition coefficient (Wildman–Crippen LogP) is 6.55. The lowest BCUT2D eigenvalue weighted by Crippen LogP contribution is -2.22. The van der Waals surface area contributed by atoms with Crippen LogP contribution in [0.25, 0.3) is 0 Å². The summed E-state index contributed by atoms with van der Waals surface area (Å²) in [5, 5.41) is 3.72. The first-order chi connectivity index (χ1) is 10.2. The fourth-order valence-corrected chi connectivity index (χ4v) is 3.43. The zero-order valence-corrected chi connectivity index (χ0v) is 15.6. The van der Waals surface area contributed by atoms with Crippen LogP contribution in [0.1, 0.15) is 82.4 Å². The van der Waals surface area contributed by atoms with Crippen molar-refractivity contribution in [2.24, 2.45) is 0 Å². The Morgan fingerprint density at radius 2 is 1.67 bits per heavy atom. The van der Waals surface area contributed by atoms with Crippen LogP contribution < -0.4 is 5.32 Å². The molecule has 1 rings (SSSR count). The van der Waals surface area contributed by atoms with Gasteiger partial charge in [0.2, 0.25) is 0 Å². The second-order valence-corrected chi connectivity index (χ2v) is 7.04. The number of aryl methyl sites for hydroxylation is 1. The van der Waals surface area contributed by atoms with Crippen LogP contribution in [0.2, 0.25) is 0 Å². The standard InChI is InChI=1S/C19H32BrN/c1-4-6-7-8-9-10-11-19(21-12-5-2)17-13-16(3)14-18(20)15-17/h13-15,19,21H,4-12H2,1-3H3. The van der Waals surface area contributed by atoms with Crippen molar-refractivity contribution in [1.82, 2.24) is 5.32 Å². The Balaban J connectivity index is 2.50. The number of benzene rings is 1. The molecule has 1 aromatic rings. The van der Waals surface area contributed by atoms with Gasteiger partial charge in [-0.25, -0.2) is 0 Å². The van der Waals surface area contributed by atoms with E-state index >= 15 is 0 Å². The van der Waals surface area contributed by atoms with Gasteiger partial charge < -0.3 is 5.32 Å². The minimum Gasteiger partial charge on any atom is -0.310 e. The molecule has 0 amide bonds. The maximum atomic E-state index is 3.72. The average Bonchev–Trinajstić information content (AvgIpc) is 2.44. The summed E-state index contributed by atoms with van der Waals surface area (Å²) in [6.07, 6.45) is 10.7. The lowest BCUT2D eigenvalue weighted by molar-refractivity contribution is 0.466. The van der Waals surface area contributed by atoms with Crippen LogP contribution in [0, 0.1) is 6.92 Å². The van der Waals surface area contributed by atoms with E-state index in [1.54, 1.807) is 0 Å². The maximum absolute atomic E-state index is 3.72. The smallest absolute Gasteiger partial charge is 0.0320 e. The van der Waals surface area contributed by atoms with Crippen molar-refractivity contribution in [3.05, 3.63) is 33.8 Å². The van der Waals surface area contributed by atoms with Gasteiger partial charge in [-0.1, -0.05) is 74.4 Å². The summed E-state index contributed by atoms with van der Waals surface area (Å²) in [6, 6.07) is 7.30. The highest BCUT2D eigenvalue weighted by molar-refractivity contribution is 9.10. The van der Waals surface area contributed by atoms with Crippen molar-refractivity contribution < 1.29 is 0 Å². The number of hydrogen-bond acceptors (Lipinski definition) is 1. The fraction of sp³-hybridized carbons (Fsp3) is 0.684. The summed E-state index contributed by atoms with van der Waals surface area (Å²) >= 11 is 3.63. The Labute approximate surface area is 140 Å². The summed E-state index contributed by atoms with van der Waals surface area (Å²) in [5.41, 5.74) is 2.77. The molecule has 21 heavy (non-hydrogen) atoms. The minimum atomic E-state index is 0.507. The first kappa shape index (κ1) is 18.7. The zero-order chi connectivity index (χ0) is 15.5. The molecule has 0 fully saturated rings. The van der Waals surface area contributed by atoms with Crippen molar-refractivity contribution in [1.29, 1.82) is 0 Å². The molecule has 120 valence electrons. The van der Waals surface area contributed by atoms with Gasteiger partial charge in [-0.3, -0.25) is 0 Å². The van der Waals surface area contributed by atoms with E-state index in [1.807, 2.05) is 0 Å².